The third kappa shape index (κ3) is 4.75. The molecule has 1 aromatic carbocycles. The van der Waals surface area contributed by atoms with E-state index >= 15 is 0 Å². The van der Waals surface area contributed by atoms with Gasteiger partial charge in [0, 0.05) is 25.9 Å². The second-order valence-electron chi connectivity index (χ2n) is 4.14. The van der Waals surface area contributed by atoms with Crippen molar-refractivity contribution in [3.8, 4) is 0 Å². The van der Waals surface area contributed by atoms with Gasteiger partial charge in [-0.25, -0.2) is 4.79 Å². The first kappa shape index (κ1) is 14.5. The molecule has 0 atom stereocenters. The lowest BCUT2D eigenvalue weighted by molar-refractivity contribution is -0.119. The van der Waals surface area contributed by atoms with E-state index in [0.717, 1.165) is 11.1 Å². The lowest BCUT2D eigenvalue weighted by atomic mass is 10.1. The molecule has 0 saturated heterocycles. The molecule has 0 spiro atoms. The van der Waals surface area contributed by atoms with Crippen LogP contribution in [0.2, 0.25) is 0 Å². The Morgan fingerprint density at radius 3 is 2.72 bits per heavy atom. The van der Waals surface area contributed by atoms with Crippen molar-refractivity contribution in [1.82, 2.24) is 10.2 Å². The molecule has 1 N–H and O–H groups in total. The number of urea groups is 1. The van der Waals surface area contributed by atoms with Crippen LogP contribution in [-0.2, 0) is 11.3 Å². The summed E-state index contributed by atoms with van der Waals surface area (Å²) in [4.78, 5) is 24.3. The van der Waals surface area contributed by atoms with Crippen molar-refractivity contribution in [2.24, 2.45) is 0 Å². The molecule has 4 nitrogen and oxygen atoms in total. The molecule has 0 saturated carbocycles. The van der Waals surface area contributed by atoms with Crippen molar-refractivity contribution < 1.29 is 9.59 Å². The van der Waals surface area contributed by atoms with Gasteiger partial charge < -0.3 is 4.90 Å². The molecule has 0 radical (unpaired) electrons. The summed E-state index contributed by atoms with van der Waals surface area (Å²) in [6.07, 6.45) is 0.144. The topological polar surface area (TPSA) is 49.4 Å². The maximum absolute atomic E-state index is 11.7. The van der Waals surface area contributed by atoms with Gasteiger partial charge >= 0.3 is 6.03 Å². The van der Waals surface area contributed by atoms with Gasteiger partial charge in [-0.1, -0.05) is 29.8 Å². The second-order valence-corrected chi connectivity index (χ2v) is 4.52. The minimum Gasteiger partial charge on any atom is -0.323 e. The van der Waals surface area contributed by atoms with E-state index in [4.69, 9.17) is 11.6 Å². The van der Waals surface area contributed by atoms with E-state index in [1.165, 1.54) is 4.90 Å². The molecule has 0 aliphatic heterocycles. The van der Waals surface area contributed by atoms with Crippen LogP contribution in [0.25, 0.3) is 0 Å². The van der Waals surface area contributed by atoms with Crippen molar-refractivity contribution in [2.45, 2.75) is 19.9 Å². The van der Waals surface area contributed by atoms with Gasteiger partial charge in [0.1, 0.15) is 0 Å². The van der Waals surface area contributed by atoms with Crippen LogP contribution in [0.4, 0.5) is 4.79 Å². The summed E-state index contributed by atoms with van der Waals surface area (Å²) in [5.41, 5.74) is 2.16. The predicted molar refractivity (Wildman–Crippen MR) is 71.5 cm³/mol. The van der Waals surface area contributed by atoms with E-state index in [9.17, 15) is 9.59 Å². The number of carbonyl (C=O) groups is 2. The standard InChI is InChI=1S/C13H17ClN2O2/c1-10-4-3-5-11(8-10)9-16(2)13(18)15-12(17)6-7-14/h3-5,8H,6-7,9H2,1-2H3,(H,15,17,18). The quantitative estimate of drug-likeness (QED) is 0.852. The zero-order valence-corrected chi connectivity index (χ0v) is 11.3. The highest BCUT2D eigenvalue weighted by Crippen LogP contribution is 2.06. The molecule has 98 valence electrons. The molecule has 3 amide bonds. The van der Waals surface area contributed by atoms with E-state index in [0.29, 0.717) is 6.54 Å². The zero-order chi connectivity index (χ0) is 13.5. The van der Waals surface area contributed by atoms with Crippen molar-refractivity contribution in [1.29, 1.82) is 0 Å². The van der Waals surface area contributed by atoms with Gasteiger partial charge in [-0.3, -0.25) is 10.1 Å². The number of hydrogen-bond donors (Lipinski definition) is 1. The first-order valence-electron chi connectivity index (χ1n) is 5.69. The van der Waals surface area contributed by atoms with E-state index in [2.05, 4.69) is 5.32 Å². The lowest BCUT2D eigenvalue weighted by Gasteiger charge is -2.17. The van der Waals surface area contributed by atoms with Crippen molar-refractivity contribution in [2.75, 3.05) is 12.9 Å². The maximum Gasteiger partial charge on any atom is 0.324 e. The Morgan fingerprint density at radius 1 is 1.39 bits per heavy atom. The number of alkyl halides is 1. The molecule has 0 bridgehead atoms. The molecular weight excluding hydrogens is 252 g/mol. The van der Waals surface area contributed by atoms with E-state index in [1.54, 1.807) is 7.05 Å². The Bertz CT molecular complexity index is 435. The highest BCUT2D eigenvalue weighted by atomic mass is 35.5. The van der Waals surface area contributed by atoms with Gasteiger partial charge in [-0.2, -0.15) is 0 Å². The molecule has 0 aromatic heterocycles. The molecule has 1 rings (SSSR count). The maximum atomic E-state index is 11.7. The van der Waals surface area contributed by atoms with Gasteiger partial charge in [0.15, 0.2) is 0 Å². The van der Waals surface area contributed by atoms with Crippen LogP contribution < -0.4 is 5.32 Å². The number of aryl methyl sites for hydroxylation is 1. The van der Waals surface area contributed by atoms with E-state index < -0.39 is 6.03 Å². The highest BCUT2D eigenvalue weighted by Gasteiger charge is 2.12. The summed E-state index contributed by atoms with van der Waals surface area (Å²) in [6, 6.07) is 7.47. The fraction of sp³-hybridized carbons (Fsp3) is 0.385. The number of amides is 3. The summed E-state index contributed by atoms with van der Waals surface area (Å²) in [5.74, 6) is -0.146. The first-order valence-corrected chi connectivity index (χ1v) is 6.23. The summed E-state index contributed by atoms with van der Waals surface area (Å²) in [5, 5.41) is 2.28. The molecule has 0 unspecified atom stereocenters. The minimum atomic E-state index is -0.411. The molecule has 1 aromatic rings. The number of hydrogen-bond acceptors (Lipinski definition) is 2. The molecular formula is C13H17ClN2O2. The number of nitrogens with zero attached hydrogens (tertiary/aromatic N) is 1. The molecule has 5 heteroatoms. The molecule has 0 aliphatic rings. The van der Waals surface area contributed by atoms with Crippen LogP contribution in [0.3, 0.4) is 0 Å². The Morgan fingerprint density at radius 2 is 2.11 bits per heavy atom. The molecule has 0 fully saturated rings. The summed E-state index contributed by atoms with van der Waals surface area (Å²) in [6.45, 7) is 2.45. The smallest absolute Gasteiger partial charge is 0.323 e. The van der Waals surface area contributed by atoms with Crippen LogP contribution >= 0.6 is 11.6 Å². The number of nitrogens with one attached hydrogen (secondary N) is 1. The van der Waals surface area contributed by atoms with Gasteiger partial charge in [0.05, 0.1) is 0 Å². The highest BCUT2D eigenvalue weighted by molar-refractivity contribution is 6.19. The van der Waals surface area contributed by atoms with Crippen LogP contribution in [0, 0.1) is 6.92 Å². The number of benzene rings is 1. The largest absolute Gasteiger partial charge is 0.324 e. The second kappa shape index (κ2) is 7.01. The number of halogens is 1. The Hall–Kier alpha value is -1.55. The third-order valence-electron chi connectivity index (χ3n) is 2.42. The lowest BCUT2D eigenvalue weighted by Crippen LogP contribution is -2.40. The fourth-order valence-corrected chi connectivity index (χ4v) is 1.69. The summed E-state index contributed by atoms with van der Waals surface area (Å²) >= 11 is 5.42. The molecule has 18 heavy (non-hydrogen) atoms. The van der Waals surface area contributed by atoms with E-state index in [-0.39, 0.29) is 18.2 Å². The number of carbonyl (C=O) groups excluding carboxylic acids is 2. The summed E-state index contributed by atoms with van der Waals surface area (Å²) in [7, 11) is 1.64. The van der Waals surface area contributed by atoms with Crippen LogP contribution in [0.5, 0.6) is 0 Å². The Balaban J connectivity index is 2.52. The van der Waals surface area contributed by atoms with Gasteiger partial charge in [-0.15, -0.1) is 11.6 Å². The third-order valence-corrected chi connectivity index (χ3v) is 2.61. The zero-order valence-electron chi connectivity index (χ0n) is 10.6. The van der Waals surface area contributed by atoms with Crippen LogP contribution in [0.15, 0.2) is 24.3 Å². The predicted octanol–water partition coefficient (Wildman–Crippen LogP) is 2.29. The van der Waals surface area contributed by atoms with Gasteiger partial charge in [0.2, 0.25) is 5.91 Å². The molecule has 0 heterocycles. The average molecular weight is 269 g/mol. The van der Waals surface area contributed by atoms with Crippen LogP contribution in [0.1, 0.15) is 17.5 Å². The van der Waals surface area contributed by atoms with Crippen LogP contribution in [-0.4, -0.2) is 29.8 Å². The summed E-state index contributed by atoms with van der Waals surface area (Å²) < 4.78 is 0. The fourth-order valence-electron chi connectivity index (χ4n) is 1.52. The number of rotatable bonds is 4. The first-order chi connectivity index (χ1) is 8.52. The van der Waals surface area contributed by atoms with Gasteiger partial charge in [-0.05, 0) is 12.5 Å². The molecule has 0 aliphatic carbocycles. The Kier molecular flexibility index (Phi) is 5.65. The SMILES string of the molecule is Cc1cccc(CN(C)C(=O)NC(=O)CCCl)c1. The normalized spacial score (nSPS) is 9.94. The van der Waals surface area contributed by atoms with E-state index in [1.807, 2.05) is 31.2 Å². The monoisotopic (exact) mass is 268 g/mol. The Labute approximate surface area is 112 Å². The van der Waals surface area contributed by atoms with Crippen molar-refractivity contribution in [3.05, 3.63) is 35.4 Å². The number of imide groups is 1. The van der Waals surface area contributed by atoms with Crippen molar-refractivity contribution in [3.63, 3.8) is 0 Å². The minimum absolute atomic E-state index is 0.144. The van der Waals surface area contributed by atoms with Gasteiger partial charge in [0.25, 0.3) is 0 Å². The van der Waals surface area contributed by atoms with Crippen molar-refractivity contribution >= 4 is 23.5 Å². The average Bonchev–Trinajstić information content (AvgIpc) is 2.29.